The van der Waals surface area contributed by atoms with Gasteiger partial charge < -0.3 is 20.1 Å². The normalized spacial score (nSPS) is 14.1. The summed E-state index contributed by atoms with van der Waals surface area (Å²) in [5.74, 6) is -0.567. The third-order valence-electron chi connectivity index (χ3n) is 7.43. The molecule has 282 valence electrons. The third-order valence-corrected chi connectivity index (χ3v) is 8.42. The summed E-state index contributed by atoms with van der Waals surface area (Å²) < 4.78 is 26.7. The second kappa shape index (κ2) is 35.5. The Labute approximate surface area is 298 Å². The Balaban J connectivity index is 3.70. The van der Waals surface area contributed by atoms with E-state index in [1.807, 2.05) is 0 Å². The van der Waals surface area contributed by atoms with E-state index in [2.05, 4.69) is 79.9 Å². The summed E-state index contributed by atoms with van der Waals surface area (Å²) in [6.45, 7) is 3.33. The molecule has 0 aliphatic rings. The number of unbranched alkanes of at least 4 members (excludes halogenated alkanes) is 11. The van der Waals surface area contributed by atoms with Gasteiger partial charge in [0, 0.05) is 19.4 Å². The predicted octanol–water partition coefficient (Wildman–Crippen LogP) is 9.76. The van der Waals surface area contributed by atoms with Gasteiger partial charge in [-0.15, -0.1) is 0 Å². The molecule has 0 aromatic rings. The zero-order valence-electron chi connectivity index (χ0n) is 30.6. The molecule has 1 amide bonds. The molecule has 0 spiro atoms. The average Bonchev–Trinajstić information content (AvgIpc) is 3.08. The number of nitrogens with one attached hydrogen (secondary N) is 1. The molecular formula is C39H68NO8P. The standard InChI is InChI=1S/C39H68NO8P/c1-3-5-7-9-11-13-15-17-18-20-22-24-26-28-30-32-39(43)46-35-37(41)36-48-49(44,45)47-34-33-40-38(42)31-29-27-25-23-21-19-16-14-12-10-8-6-4-2/h6,8,11-14,17-19,21,37,41H,3-5,7,9-10,15-16,20,22-36H2,1-2H3,(H,40,42)(H,44,45)/b8-6-,13-11-,14-12-,18-17-,21-19-. The maximum Gasteiger partial charge on any atom is 0.472 e. The molecule has 0 radical (unpaired) electrons. The van der Waals surface area contributed by atoms with Crippen molar-refractivity contribution >= 4 is 19.7 Å². The third kappa shape index (κ3) is 36.8. The number of aliphatic hydroxyl groups is 1. The summed E-state index contributed by atoms with van der Waals surface area (Å²) in [5.41, 5.74) is 0. The van der Waals surface area contributed by atoms with Crippen molar-refractivity contribution in [2.45, 2.75) is 148 Å². The van der Waals surface area contributed by atoms with Crippen LogP contribution in [0.15, 0.2) is 60.8 Å². The van der Waals surface area contributed by atoms with Gasteiger partial charge in [0.1, 0.15) is 12.7 Å². The molecule has 10 heteroatoms. The summed E-state index contributed by atoms with van der Waals surface area (Å²) >= 11 is 0. The summed E-state index contributed by atoms with van der Waals surface area (Å²) in [7, 11) is -4.42. The number of amides is 1. The van der Waals surface area contributed by atoms with Gasteiger partial charge in [0.25, 0.3) is 0 Å². The summed E-state index contributed by atoms with van der Waals surface area (Å²) in [6, 6.07) is 0. The van der Waals surface area contributed by atoms with E-state index in [0.717, 1.165) is 83.5 Å². The first-order chi connectivity index (χ1) is 23.8. The molecule has 9 nitrogen and oxygen atoms in total. The molecule has 0 aromatic carbocycles. The van der Waals surface area contributed by atoms with Crippen molar-refractivity contribution in [3.63, 3.8) is 0 Å². The Bertz CT molecular complexity index is 992. The van der Waals surface area contributed by atoms with E-state index in [1.165, 1.54) is 25.7 Å². The van der Waals surface area contributed by atoms with Crippen molar-refractivity contribution in [3.8, 4) is 0 Å². The Morgan fingerprint density at radius 1 is 0.653 bits per heavy atom. The van der Waals surface area contributed by atoms with Crippen molar-refractivity contribution in [1.29, 1.82) is 0 Å². The van der Waals surface area contributed by atoms with Gasteiger partial charge >= 0.3 is 13.8 Å². The van der Waals surface area contributed by atoms with Crippen molar-refractivity contribution in [1.82, 2.24) is 5.32 Å². The SMILES string of the molecule is CC/C=C\C/C=C\C/C=C\CCCCCC(=O)NCCOP(=O)(O)OCC(O)COC(=O)CCCCCCC/C=C\C/C=C\CCCCC. The number of phosphoric acid groups is 1. The molecule has 2 atom stereocenters. The zero-order valence-corrected chi connectivity index (χ0v) is 31.5. The smallest absolute Gasteiger partial charge is 0.463 e. The number of ether oxygens (including phenoxy) is 1. The highest BCUT2D eigenvalue weighted by Gasteiger charge is 2.23. The second-order valence-electron chi connectivity index (χ2n) is 12.2. The van der Waals surface area contributed by atoms with Gasteiger partial charge in [0.05, 0.1) is 13.2 Å². The van der Waals surface area contributed by atoms with E-state index >= 15 is 0 Å². The van der Waals surface area contributed by atoms with Crippen LogP contribution in [0, 0.1) is 0 Å². The maximum atomic E-state index is 12.0. The minimum Gasteiger partial charge on any atom is -0.463 e. The van der Waals surface area contributed by atoms with E-state index in [9.17, 15) is 24.2 Å². The monoisotopic (exact) mass is 709 g/mol. The minimum absolute atomic E-state index is 0.0611. The minimum atomic E-state index is -4.42. The van der Waals surface area contributed by atoms with Gasteiger partial charge in [-0.05, 0) is 77.0 Å². The number of hydrogen-bond acceptors (Lipinski definition) is 7. The van der Waals surface area contributed by atoms with Crippen LogP contribution < -0.4 is 5.32 Å². The molecule has 0 aliphatic carbocycles. The molecule has 2 unspecified atom stereocenters. The Morgan fingerprint density at radius 3 is 1.78 bits per heavy atom. The molecule has 0 rings (SSSR count). The molecule has 0 saturated carbocycles. The maximum absolute atomic E-state index is 12.0. The highest BCUT2D eigenvalue weighted by molar-refractivity contribution is 7.47. The van der Waals surface area contributed by atoms with Crippen LogP contribution in [0.1, 0.15) is 142 Å². The number of phosphoric ester groups is 1. The lowest BCUT2D eigenvalue weighted by Crippen LogP contribution is -2.27. The fourth-order valence-corrected chi connectivity index (χ4v) is 5.36. The summed E-state index contributed by atoms with van der Waals surface area (Å²) in [4.78, 5) is 33.7. The van der Waals surface area contributed by atoms with Gasteiger partial charge in [-0.2, -0.15) is 0 Å². The number of esters is 1. The van der Waals surface area contributed by atoms with Crippen LogP contribution in [0.3, 0.4) is 0 Å². The van der Waals surface area contributed by atoms with Crippen LogP contribution >= 0.6 is 7.82 Å². The number of hydrogen-bond donors (Lipinski definition) is 3. The van der Waals surface area contributed by atoms with E-state index in [-0.39, 0.29) is 32.1 Å². The summed E-state index contributed by atoms with van der Waals surface area (Å²) in [6.07, 6.45) is 40.1. The van der Waals surface area contributed by atoms with E-state index in [1.54, 1.807) is 0 Å². The lowest BCUT2D eigenvalue weighted by molar-refractivity contribution is -0.147. The quantitative estimate of drug-likeness (QED) is 0.0261. The van der Waals surface area contributed by atoms with Gasteiger partial charge in [-0.1, -0.05) is 113 Å². The Hall–Kier alpha value is -2.29. The van der Waals surface area contributed by atoms with Crippen LogP contribution in [-0.4, -0.2) is 54.3 Å². The fraction of sp³-hybridized carbons (Fsp3) is 0.692. The molecule has 0 bridgehead atoms. The first-order valence-electron chi connectivity index (χ1n) is 18.8. The molecule has 0 aromatic heterocycles. The summed E-state index contributed by atoms with van der Waals surface area (Å²) in [5, 5.41) is 12.6. The molecule has 3 N–H and O–H groups in total. The van der Waals surface area contributed by atoms with Gasteiger partial charge in [-0.3, -0.25) is 18.6 Å². The Morgan fingerprint density at radius 2 is 1.16 bits per heavy atom. The highest BCUT2D eigenvalue weighted by Crippen LogP contribution is 2.42. The van der Waals surface area contributed by atoms with Crippen LogP contribution in [0.25, 0.3) is 0 Å². The van der Waals surface area contributed by atoms with Crippen LogP contribution in [-0.2, 0) is 27.9 Å². The number of aliphatic hydroxyl groups excluding tert-OH is 1. The first kappa shape index (κ1) is 46.7. The van der Waals surface area contributed by atoms with E-state index < -0.39 is 26.5 Å². The number of carbonyl (C=O) groups is 2. The molecule has 0 saturated heterocycles. The molecule has 0 heterocycles. The van der Waals surface area contributed by atoms with E-state index in [4.69, 9.17) is 13.8 Å². The predicted molar refractivity (Wildman–Crippen MR) is 201 cm³/mol. The van der Waals surface area contributed by atoms with Crippen molar-refractivity contribution < 1.29 is 37.9 Å². The molecule has 0 aliphatic heterocycles. The van der Waals surface area contributed by atoms with Crippen LogP contribution in [0.2, 0.25) is 0 Å². The van der Waals surface area contributed by atoms with Crippen molar-refractivity contribution in [2.24, 2.45) is 0 Å². The lowest BCUT2D eigenvalue weighted by Gasteiger charge is -2.15. The van der Waals surface area contributed by atoms with Gasteiger partial charge in [0.15, 0.2) is 0 Å². The molecular weight excluding hydrogens is 641 g/mol. The number of carbonyl (C=O) groups excluding carboxylic acids is 2. The Kier molecular flexibility index (Phi) is 33.9. The highest BCUT2D eigenvalue weighted by atomic mass is 31.2. The molecule has 0 fully saturated rings. The lowest BCUT2D eigenvalue weighted by atomic mass is 10.1. The van der Waals surface area contributed by atoms with Crippen LogP contribution in [0.4, 0.5) is 0 Å². The van der Waals surface area contributed by atoms with Crippen LogP contribution in [0.5, 0.6) is 0 Å². The first-order valence-corrected chi connectivity index (χ1v) is 20.3. The fourth-order valence-electron chi connectivity index (χ4n) is 4.60. The average molecular weight is 710 g/mol. The van der Waals surface area contributed by atoms with E-state index in [0.29, 0.717) is 12.8 Å². The second-order valence-corrected chi connectivity index (χ2v) is 13.6. The zero-order chi connectivity index (χ0) is 36.1. The molecule has 49 heavy (non-hydrogen) atoms. The number of rotatable bonds is 34. The van der Waals surface area contributed by atoms with Gasteiger partial charge in [-0.25, -0.2) is 4.57 Å². The largest absolute Gasteiger partial charge is 0.472 e. The van der Waals surface area contributed by atoms with Crippen molar-refractivity contribution in [3.05, 3.63) is 60.8 Å². The number of allylic oxidation sites excluding steroid dienone is 10. The topological polar surface area (TPSA) is 131 Å². The van der Waals surface area contributed by atoms with Crippen molar-refractivity contribution in [2.75, 3.05) is 26.4 Å². The van der Waals surface area contributed by atoms with Gasteiger partial charge in [0.2, 0.25) is 5.91 Å².